The molecule has 0 atom stereocenters. The number of carbonyl (C=O) groups excluding carboxylic acids is 1. The summed E-state index contributed by atoms with van der Waals surface area (Å²) in [6.45, 7) is 4.68. The molecular weight excluding hydrogens is 289 g/mol. The number of benzene rings is 1. The number of thiazole rings is 1. The van der Waals surface area contributed by atoms with Crippen molar-refractivity contribution >= 4 is 22.4 Å². The van der Waals surface area contributed by atoms with Crippen LogP contribution in [0, 0.1) is 5.82 Å². The van der Waals surface area contributed by atoms with E-state index >= 15 is 0 Å². The first-order valence-corrected chi connectivity index (χ1v) is 7.73. The minimum atomic E-state index is -0.241. The lowest BCUT2D eigenvalue weighted by molar-refractivity contribution is -0.129. The van der Waals surface area contributed by atoms with Gasteiger partial charge in [-0.2, -0.15) is 0 Å². The van der Waals surface area contributed by atoms with Crippen LogP contribution < -0.4 is 4.90 Å². The SMILES string of the molecule is CC(=O)N1CCN(c2nc(-c3ccc(F)cc3)cs2)CC1. The van der Waals surface area contributed by atoms with Crippen LogP contribution in [-0.4, -0.2) is 42.0 Å². The molecule has 110 valence electrons. The van der Waals surface area contributed by atoms with Crippen molar-refractivity contribution in [1.29, 1.82) is 0 Å². The number of piperazine rings is 1. The van der Waals surface area contributed by atoms with Gasteiger partial charge in [0.1, 0.15) is 5.82 Å². The molecule has 21 heavy (non-hydrogen) atoms. The number of aromatic nitrogens is 1. The highest BCUT2D eigenvalue weighted by Gasteiger charge is 2.20. The number of anilines is 1. The van der Waals surface area contributed by atoms with Gasteiger partial charge in [-0.3, -0.25) is 4.79 Å². The minimum absolute atomic E-state index is 0.126. The molecule has 2 aromatic rings. The van der Waals surface area contributed by atoms with Crippen molar-refractivity contribution in [2.24, 2.45) is 0 Å². The second kappa shape index (κ2) is 5.81. The van der Waals surface area contributed by atoms with Gasteiger partial charge in [0.25, 0.3) is 0 Å². The van der Waals surface area contributed by atoms with Gasteiger partial charge in [-0.05, 0) is 24.3 Å². The zero-order chi connectivity index (χ0) is 14.8. The summed E-state index contributed by atoms with van der Waals surface area (Å²) in [6.07, 6.45) is 0. The Balaban J connectivity index is 1.71. The Labute approximate surface area is 126 Å². The normalized spacial score (nSPS) is 15.3. The van der Waals surface area contributed by atoms with Gasteiger partial charge in [0.2, 0.25) is 5.91 Å². The molecule has 1 aromatic carbocycles. The third-order valence-electron chi connectivity index (χ3n) is 3.63. The van der Waals surface area contributed by atoms with Gasteiger partial charge >= 0.3 is 0 Å². The Morgan fingerprint density at radius 1 is 1.19 bits per heavy atom. The van der Waals surface area contributed by atoms with E-state index in [0.29, 0.717) is 0 Å². The first kappa shape index (κ1) is 14.0. The molecule has 2 heterocycles. The molecule has 0 spiro atoms. The molecule has 1 aromatic heterocycles. The first-order chi connectivity index (χ1) is 10.1. The van der Waals surface area contributed by atoms with E-state index in [-0.39, 0.29) is 11.7 Å². The van der Waals surface area contributed by atoms with Crippen LogP contribution >= 0.6 is 11.3 Å². The van der Waals surface area contributed by atoms with Crippen molar-refractivity contribution in [2.45, 2.75) is 6.92 Å². The van der Waals surface area contributed by atoms with Crippen molar-refractivity contribution < 1.29 is 9.18 Å². The average molecular weight is 305 g/mol. The Morgan fingerprint density at radius 3 is 2.48 bits per heavy atom. The van der Waals surface area contributed by atoms with Crippen LogP contribution in [0.3, 0.4) is 0 Å². The summed E-state index contributed by atoms with van der Waals surface area (Å²) in [5.74, 6) is -0.115. The number of halogens is 1. The van der Waals surface area contributed by atoms with Crippen LogP contribution in [0.5, 0.6) is 0 Å². The third kappa shape index (κ3) is 3.05. The zero-order valence-electron chi connectivity index (χ0n) is 11.8. The maximum Gasteiger partial charge on any atom is 0.219 e. The topological polar surface area (TPSA) is 36.4 Å². The predicted octanol–water partition coefficient (Wildman–Crippen LogP) is 2.62. The lowest BCUT2D eigenvalue weighted by Gasteiger charge is -2.33. The predicted molar refractivity (Wildman–Crippen MR) is 82.0 cm³/mol. The van der Waals surface area contributed by atoms with Crippen LogP contribution in [0.25, 0.3) is 11.3 Å². The zero-order valence-corrected chi connectivity index (χ0v) is 12.6. The van der Waals surface area contributed by atoms with E-state index in [1.165, 1.54) is 12.1 Å². The van der Waals surface area contributed by atoms with Crippen LogP contribution in [0.4, 0.5) is 9.52 Å². The first-order valence-electron chi connectivity index (χ1n) is 6.85. The molecule has 4 nitrogen and oxygen atoms in total. The van der Waals surface area contributed by atoms with Gasteiger partial charge < -0.3 is 9.80 Å². The van der Waals surface area contributed by atoms with Crippen molar-refractivity contribution in [3.63, 3.8) is 0 Å². The fourth-order valence-corrected chi connectivity index (χ4v) is 3.26. The monoisotopic (exact) mass is 305 g/mol. The summed E-state index contributed by atoms with van der Waals surface area (Å²) in [7, 11) is 0. The smallest absolute Gasteiger partial charge is 0.219 e. The molecule has 1 amide bonds. The summed E-state index contributed by atoms with van der Waals surface area (Å²) in [5, 5.41) is 2.94. The van der Waals surface area contributed by atoms with Crippen molar-refractivity contribution in [1.82, 2.24) is 9.88 Å². The highest BCUT2D eigenvalue weighted by Crippen LogP contribution is 2.28. The van der Waals surface area contributed by atoms with E-state index in [9.17, 15) is 9.18 Å². The van der Waals surface area contributed by atoms with E-state index in [1.54, 1.807) is 30.4 Å². The molecule has 1 fully saturated rings. The molecule has 6 heteroatoms. The summed E-state index contributed by atoms with van der Waals surface area (Å²) < 4.78 is 12.9. The summed E-state index contributed by atoms with van der Waals surface area (Å²) >= 11 is 1.58. The average Bonchev–Trinajstić information content (AvgIpc) is 2.98. The largest absolute Gasteiger partial charge is 0.345 e. The van der Waals surface area contributed by atoms with Gasteiger partial charge in [-0.15, -0.1) is 11.3 Å². The fourth-order valence-electron chi connectivity index (χ4n) is 2.38. The number of nitrogens with zero attached hydrogens (tertiary/aromatic N) is 3. The molecular formula is C15H16FN3OS. The molecule has 0 saturated carbocycles. The summed E-state index contributed by atoms with van der Waals surface area (Å²) in [4.78, 5) is 20.0. The minimum Gasteiger partial charge on any atom is -0.345 e. The highest BCUT2D eigenvalue weighted by molar-refractivity contribution is 7.14. The Bertz CT molecular complexity index is 633. The second-order valence-corrected chi connectivity index (χ2v) is 5.85. The van der Waals surface area contributed by atoms with Gasteiger partial charge in [0.15, 0.2) is 5.13 Å². The molecule has 0 unspecified atom stereocenters. The number of carbonyl (C=O) groups is 1. The maximum atomic E-state index is 12.9. The summed E-state index contributed by atoms with van der Waals surface area (Å²) in [6, 6.07) is 6.36. The van der Waals surface area contributed by atoms with E-state index in [4.69, 9.17) is 0 Å². The van der Waals surface area contributed by atoms with Crippen LogP contribution in [-0.2, 0) is 4.79 Å². The van der Waals surface area contributed by atoms with Crippen molar-refractivity contribution in [2.75, 3.05) is 31.1 Å². The lowest BCUT2D eigenvalue weighted by Crippen LogP contribution is -2.48. The summed E-state index contributed by atoms with van der Waals surface area (Å²) in [5.41, 5.74) is 1.78. The van der Waals surface area contributed by atoms with E-state index in [2.05, 4.69) is 9.88 Å². The molecule has 1 aliphatic rings. The molecule has 1 aliphatic heterocycles. The van der Waals surface area contributed by atoms with Gasteiger partial charge in [-0.1, -0.05) is 0 Å². The van der Waals surface area contributed by atoms with Gasteiger partial charge in [0, 0.05) is 44.0 Å². The molecule has 0 radical (unpaired) electrons. The van der Waals surface area contributed by atoms with E-state index in [1.807, 2.05) is 10.3 Å². The van der Waals surface area contributed by atoms with Crippen LogP contribution in [0.15, 0.2) is 29.6 Å². The number of rotatable bonds is 2. The van der Waals surface area contributed by atoms with E-state index in [0.717, 1.165) is 42.6 Å². The standard InChI is InChI=1S/C15H16FN3OS/c1-11(20)18-6-8-19(9-7-18)15-17-14(10-21-15)12-2-4-13(16)5-3-12/h2-5,10H,6-9H2,1H3. The van der Waals surface area contributed by atoms with Crippen LogP contribution in [0.1, 0.15) is 6.92 Å². The van der Waals surface area contributed by atoms with Crippen molar-refractivity contribution in [3.05, 3.63) is 35.5 Å². The number of amides is 1. The number of hydrogen-bond acceptors (Lipinski definition) is 4. The molecule has 3 rings (SSSR count). The van der Waals surface area contributed by atoms with Gasteiger partial charge in [0.05, 0.1) is 5.69 Å². The molecule has 1 saturated heterocycles. The molecule has 0 bridgehead atoms. The lowest BCUT2D eigenvalue weighted by atomic mass is 10.2. The maximum absolute atomic E-state index is 12.9. The number of hydrogen-bond donors (Lipinski definition) is 0. The fraction of sp³-hybridized carbons (Fsp3) is 0.333. The third-order valence-corrected chi connectivity index (χ3v) is 4.53. The molecule has 0 aliphatic carbocycles. The van der Waals surface area contributed by atoms with Crippen LogP contribution in [0.2, 0.25) is 0 Å². The van der Waals surface area contributed by atoms with E-state index < -0.39 is 0 Å². The Hall–Kier alpha value is -1.95. The Kier molecular flexibility index (Phi) is 3.88. The van der Waals surface area contributed by atoms with Crippen molar-refractivity contribution in [3.8, 4) is 11.3 Å². The molecule has 0 N–H and O–H groups in total. The quantitative estimate of drug-likeness (QED) is 0.856. The van der Waals surface area contributed by atoms with Gasteiger partial charge in [-0.25, -0.2) is 9.37 Å². The highest BCUT2D eigenvalue weighted by atomic mass is 32.1. The second-order valence-electron chi connectivity index (χ2n) is 5.02. The Morgan fingerprint density at radius 2 is 1.86 bits per heavy atom.